The first-order chi connectivity index (χ1) is 9.86. The molecular weight excluding hydrogens is 310 g/mol. The Balaban J connectivity index is 2.29. The molecule has 0 aliphatic heterocycles. The zero-order chi connectivity index (χ0) is 15.6. The number of carboxylic acid groups (broad SMARTS) is 1. The lowest BCUT2D eigenvalue weighted by Gasteiger charge is -2.09. The Labute approximate surface area is 131 Å². The molecule has 110 valence electrons. The molecule has 21 heavy (non-hydrogen) atoms. The zero-order valence-corrected chi connectivity index (χ0v) is 13.4. The van der Waals surface area contributed by atoms with Crippen LogP contribution in [0, 0.1) is 20.8 Å². The summed E-state index contributed by atoms with van der Waals surface area (Å²) < 4.78 is 0. The predicted octanol–water partition coefficient (Wildman–Crippen LogP) is 3.44. The molecule has 0 bridgehead atoms. The summed E-state index contributed by atoms with van der Waals surface area (Å²) in [5, 5.41) is 10.2. The molecule has 2 aromatic rings. The van der Waals surface area contributed by atoms with Crippen molar-refractivity contribution in [3.63, 3.8) is 0 Å². The van der Waals surface area contributed by atoms with Crippen molar-refractivity contribution < 1.29 is 9.90 Å². The van der Waals surface area contributed by atoms with Crippen molar-refractivity contribution in [2.45, 2.75) is 31.6 Å². The van der Waals surface area contributed by atoms with Gasteiger partial charge in [0.25, 0.3) is 0 Å². The zero-order valence-electron chi connectivity index (χ0n) is 11.8. The number of rotatable bonds is 4. The second-order valence-electron chi connectivity index (χ2n) is 4.60. The van der Waals surface area contributed by atoms with E-state index in [1.54, 1.807) is 19.1 Å². The minimum atomic E-state index is -0.981. The minimum Gasteiger partial charge on any atom is -0.478 e. The summed E-state index contributed by atoms with van der Waals surface area (Å²) in [6.45, 7) is 5.43. The monoisotopic (exact) mass is 323 g/mol. The SMILES string of the molecule is Cc1cc(Cl)nc(CSc2nc(C)cc(C)c2C(=O)O)n1. The van der Waals surface area contributed by atoms with E-state index in [1.807, 2.05) is 13.8 Å². The van der Waals surface area contributed by atoms with Gasteiger partial charge >= 0.3 is 5.97 Å². The van der Waals surface area contributed by atoms with Crippen LogP contribution in [0.25, 0.3) is 0 Å². The van der Waals surface area contributed by atoms with Crippen LogP contribution in [0.4, 0.5) is 0 Å². The van der Waals surface area contributed by atoms with Crippen LogP contribution < -0.4 is 0 Å². The number of aryl methyl sites for hydroxylation is 3. The van der Waals surface area contributed by atoms with Crippen LogP contribution in [-0.2, 0) is 5.75 Å². The lowest BCUT2D eigenvalue weighted by molar-refractivity contribution is 0.0691. The third-order valence-corrected chi connectivity index (χ3v) is 3.90. The molecule has 0 saturated heterocycles. The number of pyridine rings is 1. The highest BCUT2D eigenvalue weighted by Gasteiger charge is 2.16. The van der Waals surface area contributed by atoms with Gasteiger partial charge in [-0.25, -0.2) is 19.7 Å². The number of aromatic nitrogens is 3. The van der Waals surface area contributed by atoms with Crippen molar-refractivity contribution in [3.05, 3.63) is 45.6 Å². The highest BCUT2D eigenvalue weighted by Crippen LogP contribution is 2.26. The first-order valence-corrected chi connectivity index (χ1v) is 7.57. The van der Waals surface area contributed by atoms with Gasteiger partial charge in [0.05, 0.1) is 11.3 Å². The molecule has 0 amide bonds. The first-order valence-electron chi connectivity index (χ1n) is 6.21. The molecule has 0 aliphatic rings. The van der Waals surface area contributed by atoms with Crippen molar-refractivity contribution in [2.75, 3.05) is 0 Å². The van der Waals surface area contributed by atoms with Gasteiger partial charge in [0.2, 0.25) is 0 Å². The Bertz CT molecular complexity index is 687. The second kappa shape index (κ2) is 6.41. The summed E-state index contributed by atoms with van der Waals surface area (Å²) in [6.07, 6.45) is 0. The fourth-order valence-electron chi connectivity index (χ4n) is 1.95. The summed E-state index contributed by atoms with van der Waals surface area (Å²) in [5.41, 5.74) is 2.48. The Kier molecular flexibility index (Phi) is 4.80. The summed E-state index contributed by atoms with van der Waals surface area (Å²) in [4.78, 5) is 24.1. The summed E-state index contributed by atoms with van der Waals surface area (Å²) in [7, 11) is 0. The van der Waals surface area contributed by atoms with E-state index in [2.05, 4.69) is 15.0 Å². The van der Waals surface area contributed by atoms with Crippen LogP contribution in [0.1, 0.15) is 33.1 Å². The molecule has 7 heteroatoms. The number of nitrogens with zero attached hydrogens (tertiary/aromatic N) is 3. The maximum atomic E-state index is 11.4. The quantitative estimate of drug-likeness (QED) is 0.686. The van der Waals surface area contributed by atoms with Gasteiger partial charge in [-0.05, 0) is 38.5 Å². The van der Waals surface area contributed by atoms with Crippen LogP contribution in [-0.4, -0.2) is 26.0 Å². The van der Waals surface area contributed by atoms with E-state index in [4.69, 9.17) is 11.6 Å². The maximum absolute atomic E-state index is 11.4. The predicted molar refractivity (Wildman–Crippen MR) is 82.0 cm³/mol. The average molecular weight is 324 g/mol. The third kappa shape index (κ3) is 3.92. The van der Waals surface area contributed by atoms with Crippen LogP contribution >= 0.6 is 23.4 Å². The van der Waals surface area contributed by atoms with E-state index < -0.39 is 5.97 Å². The van der Waals surface area contributed by atoms with Crippen molar-refractivity contribution >= 4 is 29.3 Å². The molecule has 0 unspecified atom stereocenters. The van der Waals surface area contributed by atoms with Crippen molar-refractivity contribution in [3.8, 4) is 0 Å². The number of thioether (sulfide) groups is 1. The lowest BCUT2D eigenvalue weighted by Crippen LogP contribution is -2.06. The third-order valence-electron chi connectivity index (χ3n) is 2.73. The molecule has 0 spiro atoms. The molecule has 0 aliphatic carbocycles. The van der Waals surface area contributed by atoms with E-state index in [1.165, 1.54) is 11.8 Å². The van der Waals surface area contributed by atoms with Gasteiger partial charge in [0.15, 0.2) is 0 Å². The molecule has 2 aromatic heterocycles. The molecule has 0 atom stereocenters. The van der Waals surface area contributed by atoms with E-state index in [0.717, 1.165) is 11.4 Å². The van der Waals surface area contributed by atoms with Gasteiger partial charge in [-0.15, -0.1) is 0 Å². The van der Waals surface area contributed by atoms with Crippen molar-refractivity contribution in [1.82, 2.24) is 15.0 Å². The number of aromatic carboxylic acids is 1. The number of carboxylic acids is 1. The minimum absolute atomic E-state index is 0.226. The topological polar surface area (TPSA) is 76.0 Å². The van der Waals surface area contributed by atoms with E-state index in [9.17, 15) is 9.90 Å². The molecule has 0 fully saturated rings. The Morgan fingerprint density at radius 3 is 2.48 bits per heavy atom. The van der Waals surface area contributed by atoms with Gasteiger partial charge < -0.3 is 5.11 Å². The Morgan fingerprint density at radius 2 is 1.86 bits per heavy atom. The number of halogens is 1. The molecule has 0 saturated carbocycles. The van der Waals surface area contributed by atoms with E-state index >= 15 is 0 Å². The standard InChI is InChI=1S/C14H14ClN3O2S/c1-7-4-8(2)17-13(12(7)14(19)20)21-6-11-16-9(3)5-10(15)18-11/h4-5H,6H2,1-3H3,(H,19,20). The molecule has 2 rings (SSSR count). The normalized spacial score (nSPS) is 10.7. The molecule has 1 N–H and O–H groups in total. The molecular formula is C14H14ClN3O2S. The maximum Gasteiger partial charge on any atom is 0.338 e. The lowest BCUT2D eigenvalue weighted by atomic mass is 10.1. The smallest absolute Gasteiger partial charge is 0.338 e. The molecule has 0 aromatic carbocycles. The van der Waals surface area contributed by atoms with Gasteiger partial charge in [-0.1, -0.05) is 23.4 Å². The largest absolute Gasteiger partial charge is 0.478 e. The van der Waals surface area contributed by atoms with E-state index in [-0.39, 0.29) is 5.56 Å². The Morgan fingerprint density at radius 1 is 1.19 bits per heavy atom. The van der Waals surface area contributed by atoms with Crippen LogP contribution in [0.2, 0.25) is 5.15 Å². The van der Waals surface area contributed by atoms with E-state index in [0.29, 0.717) is 27.3 Å². The van der Waals surface area contributed by atoms with Crippen LogP contribution in [0.5, 0.6) is 0 Å². The Hall–Kier alpha value is -1.66. The van der Waals surface area contributed by atoms with Crippen LogP contribution in [0.3, 0.4) is 0 Å². The van der Waals surface area contributed by atoms with Gasteiger partial charge in [0, 0.05) is 11.4 Å². The van der Waals surface area contributed by atoms with Gasteiger partial charge in [-0.2, -0.15) is 0 Å². The average Bonchev–Trinajstić information content (AvgIpc) is 2.33. The molecule has 2 heterocycles. The van der Waals surface area contributed by atoms with Crippen molar-refractivity contribution in [1.29, 1.82) is 0 Å². The molecule has 0 radical (unpaired) electrons. The second-order valence-corrected chi connectivity index (χ2v) is 5.95. The van der Waals surface area contributed by atoms with Crippen LogP contribution in [0.15, 0.2) is 17.2 Å². The fourth-order valence-corrected chi connectivity index (χ4v) is 3.20. The fraction of sp³-hybridized carbons (Fsp3) is 0.286. The summed E-state index contributed by atoms with van der Waals surface area (Å²) >= 11 is 7.19. The number of hydrogen-bond acceptors (Lipinski definition) is 5. The van der Waals surface area contributed by atoms with Gasteiger partial charge in [-0.3, -0.25) is 0 Å². The molecule has 5 nitrogen and oxygen atoms in total. The van der Waals surface area contributed by atoms with Crippen molar-refractivity contribution in [2.24, 2.45) is 0 Å². The summed E-state index contributed by atoms with van der Waals surface area (Å²) in [6, 6.07) is 3.43. The highest BCUT2D eigenvalue weighted by molar-refractivity contribution is 7.98. The highest BCUT2D eigenvalue weighted by atomic mass is 35.5. The number of carbonyl (C=O) groups is 1. The van der Waals surface area contributed by atoms with Gasteiger partial charge in [0.1, 0.15) is 16.0 Å². The first kappa shape index (κ1) is 15.7. The number of hydrogen-bond donors (Lipinski definition) is 1. The summed E-state index contributed by atoms with van der Waals surface area (Å²) in [5.74, 6) is -0.00890.